The molecule has 0 saturated carbocycles. The number of rotatable bonds is 3. The molecule has 132 valence electrons. The lowest BCUT2D eigenvalue weighted by Crippen LogP contribution is -2.46. The number of nitrogens with zero attached hydrogens (tertiary/aromatic N) is 2. The first-order valence-electron chi connectivity index (χ1n) is 9.04. The van der Waals surface area contributed by atoms with Crippen LogP contribution in [0.5, 0.6) is 0 Å². The third kappa shape index (κ3) is 2.26. The molecule has 3 aliphatic heterocycles. The minimum Gasteiger partial charge on any atom is -0.365 e. The van der Waals surface area contributed by atoms with Crippen molar-refractivity contribution in [3.63, 3.8) is 0 Å². The van der Waals surface area contributed by atoms with Gasteiger partial charge in [0.2, 0.25) is 5.43 Å². The Balaban J connectivity index is 1.67. The van der Waals surface area contributed by atoms with E-state index in [0.717, 1.165) is 25.9 Å². The van der Waals surface area contributed by atoms with Gasteiger partial charge in [-0.3, -0.25) is 0 Å². The van der Waals surface area contributed by atoms with E-state index in [1.54, 1.807) is 0 Å². The summed E-state index contributed by atoms with van der Waals surface area (Å²) in [5.74, 6) is 0. The normalized spacial score (nSPS) is 24.5. The van der Waals surface area contributed by atoms with E-state index in [0.29, 0.717) is 8.19 Å². The van der Waals surface area contributed by atoms with Crippen LogP contribution in [0, 0.1) is 0 Å². The highest BCUT2D eigenvalue weighted by atomic mass is 32.1. The predicted octanol–water partition coefficient (Wildman–Crippen LogP) is 4.79. The Bertz CT molecular complexity index is 1010. The van der Waals surface area contributed by atoms with Crippen molar-refractivity contribution < 1.29 is 9.30 Å². The van der Waals surface area contributed by atoms with Gasteiger partial charge < -0.3 is 9.64 Å². The van der Waals surface area contributed by atoms with Gasteiger partial charge in [0.1, 0.15) is 0 Å². The molecule has 0 radical (unpaired) electrons. The Morgan fingerprint density at radius 1 is 1.23 bits per heavy atom. The summed E-state index contributed by atoms with van der Waals surface area (Å²) in [6.07, 6.45) is 13.0. The summed E-state index contributed by atoms with van der Waals surface area (Å²) in [6.45, 7) is 13.9. The van der Waals surface area contributed by atoms with Gasteiger partial charge >= 0.3 is 0 Å². The summed E-state index contributed by atoms with van der Waals surface area (Å²) in [5, 5.41) is 1.43. The van der Waals surface area contributed by atoms with Crippen molar-refractivity contribution in [2.45, 2.75) is 31.6 Å². The molecule has 2 aromatic heterocycles. The maximum Gasteiger partial charge on any atom is 0.274 e. The van der Waals surface area contributed by atoms with Crippen LogP contribution >= 0.6 is 19.5 Å². The number of thiophene rings is 1. The molecule has 2 aromatic rings. The molecule has 3 nitrogen and oxygen atoms in total. The Labute approximate surface area is 159 Å². The Morgan fingerprint density at radius 3 is 2.88 bits per heavy atom. The molecule has 0 saturated heterocycles. The van der Waals surface area contributed by atoms with E-state index in [-0.39, 0.29) is 12.2 Å². The smallest absolute Gasteiger partial charge is 0.274 e. The van der Waals surface area contributed by atoms with Gasteiger partial charge in [-0.25, -0.2) is 0 Å². The van der Waals surface area contributed by atoms with Crippen LogP contribution in [0.15, 0.2) is 43.8 Å². The molecule has 0 spiro atoms. The van der Waals surface area contributed by atoms with Crippen molar-refractivity contribution >= 4 is 47.2 Å². The van der Waals surface area contributed by atoms with Gasteiger partial charge in [0.05, 0.1) is 22.9 Å². The molecular weight excluding hydrogens is 359 g/mol. The third-order valence-corrected chi connectivity index (χ3v) is 8.52. The van der Waals surface area contributed by atoms with Crippen molar-refractivity contribution in [1.82, 2.24) is 4.90 Å². The monoisotopic (exact) mass is 381 g/mol. The number of ether oxygens (including phenoxy) is 1. The Morgan fingerprint density at radius 2 is 2.12 bits per heavy atom. The second-order valence-corrected chi connectivity index (χ2v) is 9.19. The van der Waals surface area contributed by atoms with Crippen LogP contribution in [0.4, 0.5) is 0 Å². The van der Waals surface area contributed by atoms with Gasteiger partial charge in [-0.1, -0.05) is 43.2 Å². The molecule has 3 atom stereocenters. The second-order valence-electron chi connectivity index (χ2n) is 6.93. The first kappa shape index (κ1) is 16.3. The molecule has 3 aliphatic rings. The zero-order valence-electron chi connectivity index (χ0n) is 14.7. The molecule has 26 heavy (non-hydrogen) atoms. The fourth-order valence-corrected chi connectivity index (χ4v) is 7.43. The van der Waals surface area contributed by atoms with Crippen LogP contribution in [-0.4, -0.2) is 23.7 Å². The van der Waals surface area contributed by atoms with E-state index in [2.05, 4.69) is 41.5 Å². The molecule has 5 rings (SSSR count). The minimum atomic E-state index is 0.238. The molecular formula is C21H22N2OPS+. The number of aromatic nitrogens is 1. The lowest BCUT2D eigenvalue weighted by atomic mass is 9.92. The van der Waals surface area contributed by atoms with Gasteiger partial charge in [-0.05, 0) is 32.5 Å². The summed E-state index contributed by atoms with van der Waals surface area (Å²) in [4.78, 5) is 4.79. The summed E-state index contributed by atoms with van der Waals surface area (Å²) in [5.41, 5.74) is 5.37. The number of fused-ring (bicyclic) bond motifs is 6. The van der Waals surface area contributed by atoms with E-state index >= 15 is 0 Å². The highest BCUT2D eigenvalue weighted by Crippen LogP contribution is 2.45. The quantitative estimate of drug-likeness (QED) is 0.711. The standard InChI is InChI=1S/C21H22N2OPS/c1-4-14-18(5-2)26-21-19(14)25-20-15-11-13-12-22(6-3)9-7-16(13)24-17(15)8-10-23(20)21/h4-6,11-12,16-17,25H,1-3,7-10H2/q+1. The first-order chi connectivity index (χ1) is 12.7. The Hall–Kier alpha value is -1.87. The molecule has 0 bridgehead atoms. The minimum absolute atomic E-state index is 0.238. The van der Waals surface area contributed by atoms with Crippen LogP contribution in [0.25, 0.3) is 27.7 Å². The SMILES string of the molecule is C=Cc1sc2c([pH]c3[n+]2CCC2OC4CCN(C=C)C=C4C=C32)c1C=C. The highest BCUT2D eigenvalue weighted by Gasteiger charge is 2.40. The summed E-state index contributed by atoms with van der Waals surface area (Å²) in [7, 11) is 0.670. The van der Waals surface area contributed by atoms with Gasteiger partial charge in [-0.15, -0.1) is 0 Å². The van der Waals surface area contributed by atoms with Gasteiger partial charge in [0, 0.05) is 29.6 Å². The molecule has 5 heterocycles. The number of hydrogen-bond acceptors (Lipinski definition) is 3. The average molecular weight is 381 g/mol. The maximum absolute atomic E-state index is 6.50. The zero-order valence-corrected chi connectivity index (χ0v) is 16.5. The highest BCUT2D eigenvalue weighted by molar-refractivity contribution is 7.41. The van der Waals surface area contributed by atoms with Gasteiger partial charge in [0.25, 0.3) is 4.83 Å². The maximum atomic E-state index is 6.50. The van der Waals surface area contributed by atoms with Crippen molar-refractivity contribution in [1.29, 1.82) is 0 Å². The predicted molar refractivity (Wildman–Crippen MR) is 113 cm³/mol. The summed E-state index contributed by atoms with van der Waals surface area (Å²) < 4.78 is 9.01. The molecule has 0 amide bonds. The fraction of sp³-hybridized carbons (Fsp3) is 0.286. The van der Waals surface area contributed by atoms with Crippen molar-refractivity contribution in [3.05, 3.63) is 59.7 Å². The average Bonchev–Trinajstić information content (AvgIpc) is 3.21. The lowest BCUT2D eigenvalue weighted by molar-refractivity contribution is -0.672. The molecule has 0 fully saturated rings. The third-order valence-electron chi connectivity index (χ3n) is 5.56. The molecule has 0 N–H and O–H groups in total. The number of hydrogen-bond donors (Lipinski definition) is 0. The topological polar surface area (TPSA) is 16.4 Å². The summed E-state index contributed by atoms with van der Waals surface area (Å²) in [6, 6.07) is 0. The number of aryl methyl sites for hydroxylation is 1. The van der Waals surface area contributed by atoms with Crippen LogP contribution in [0.3, 0.4) is 0 Å². The van der Waals surface area contributed by atoms with Crippen LogP contribution in [0.1, 0.15) is 28.7 Å². The van der Waals surface area contributed by atoms with E-state index < -0.39 is 0 Å². The van der Waals surface area contributed by atoms with Gasteiger partial charge in [0.15, 0.2) is 6.54 Å². The molecule has 5 heteroatoms. The molecule has 0 aliphatic carbocycles. The lowest BCUT2D eigenvalue weighted by Gasteiger charge is -2.36. The first-order valence-corrected chi connectivity index (χ1v) is 10.9. The zero-order chi connectivity index (χ0) is 17.8. The van der Waals surface area contributed by atoms with Crippen molar-refractivity contribution in [2.24, 2.45) is 0 Å². The second kappa shape index (κ2) is 6.09. The fourth-order valence-electron chi connectivity index (χ4n) is 4.27. The van der Waals surface area contributed by atoms with Crippen molar-refractivity contribution in [2.75, 3.05) is 6.54 Å². The van der Waals surface area contributed by atoms with Gasteiger partial charge in [-0.2, -0.15) is 4.57 Å². The van der Waals surface area contributed by atoms with E-state index in [1.165, 1.54) is 37.0 Å². The Kier molecular flexibility index (Phi) is 3.82. The largest absolute Gasteiger partial charge is 0.365 e. The summed E-state index contributed by atoms with van der Waals surface area (Å²) >= 11 is 1.84. The molecule has 3 unspecified atom stereocenters. The van der Waals surface area contributed by atoms with E-state index in [9.17, 15) is 0 Å². The molecule has 0 aromatic carbocycles. The van der Waals surface area contributed by atoms with Crippen LogP contribution in [-0.2, 0) is 11.3 Å². The van der Waals surface area contributed by atoms with Crippen LogP contribution < -0.4 is 4.57 Å². The van der Waals surface area contributed by atoms with Crippen LogP contribution in [0.2, 0.25) is 0 Å². The van der Waals surface area contributed by atoms with E-state index in [1.807, 2.05) is 29.7 Å². The van der Waals surface area contributed by atoms with E-state index in [4.69, 9.17) is 4.74 Å². The van der Waals surface area contributed by atoms with Crippen molar-refractivity contribution in [3.8, 4) is 0 Å².